The van der Waals surface area contributed by atoms with Crippen LogP contribution in [0, 0.1) is 0 Å². The summed E-state index contributed by atoms with van der Waals surface area (Å²) < 4.78 is 70.0. The van der Waals surface area contributed by atoms with Crippen molar-refractivity contribution in [3.8, 4) is 5.75 Å². The molecule has 1 heterocycles. The molecule has 0 aromatic heterocycles. The Morgan fingerprint density at radius 2 is 1.77 bits per heavy atom. The summed E-state index contributed by atoms with van der Waals surface area (Å²) in [6.07, 6.45) is -5.22. The Morgan fingerprint density at radius 1 is 1.12 bits per heavy atom. The number of sulfonamides is 1. The van der Waals surface area contributed by atoms with Gasteiger partial charge in [0.25, 0.3) is 15.9 Å². The zero-order valence-corrected chi connectivity index (χ0v) is 14.1. The number of nitrogens with one attached hydrogen (secondary N) is 2. The molecular formula is C16H13F3N2O4S. The first-order valence-electron chi connectivity index (χ1n) is 7.38. The van der Waals surface area contributed by atoms with Crippen molar-refractivity contribution in [3.63, 3.8) is 0 Å². The zero-order valence-electron chi connectivity index (χ0n) is 13.3. The van der Waals surface area contributed by atoms with Crippen LogP contribution < -0.4 is 14.8 Å². The average molecular weight is 386 g/mol. The Labute approximate surface area is 147 Å². The highest BCUT2D eigenvalue weighted by molar-refractivity contribution is 7.92. The summed E-state index contributed by atoms with van der Waals surface area (Å²) in [5, 5.41) is 2.58. The lowest BCUT2D eigenvalue weighted by atomic mass is 10.2. The smallest absolute Gasteiger partial charge is 0.416 e. The van der Waals surface area contributed by atoms with E-state index in [0.717, 1.165) is 12.1 Å². The lowest BCUT2D eigenvalue weighted by Gasteiger charge is -2.23. The van der Waals surface area contributed by atoms with E-state index >= 15 is 0 Å². The van der Waals surface area contributed by atoms with E-state index in [4.69, 9.17) is 4.74 Å². The van der Waals surface area contributed by atoms with Gasteiger partial charge in [0.15, 0.2) is 6.10 Å². The number of carbonyl (C=O) groups excluding carboxylic acids is 1. The highest BCUT2D eigenvalue weighted by Gasteiger charge is 2.30. The molecule has 2 aromatic carbocycles. The average Bonchev–Trinajstić information content (AvgIpc) is 2.55. The fourth-order valence-electron chi connectivity index (χ4n) is 2.31. The van der Waals surface area contributed by atoms with Gasteiger partial charge in [0, 0.05) is 0 Å². The molecule has 3 rings (SSSR count). The van der Waals surface area contributed by atoms with E-state index in [2.05, 4.69) is 10.0 Å². The number of carbonyl (C=O) groups is 1. The maximum atomic E-state index is 12.6. The van der Waals surface area contributed by atoms with Crippen LogP contribution in [0.3, 0.4) is 0 Å². The van der Waals surface area contributed by atoms with Crippen molar-refractivity contribution in [1.82, 2.24) is 0 Å². The molecule has 0 bridgehead atoms. The fraction of sp³-hybridized carbons (Fsp3) is 0.188. The van der Waals surface area contributed by atoms with Gasteiger partial charge in [0.1, 0.15) is 5.75 Å². The number of alkyl halides is 3. The first-order valence-corrected chi connectivity index (χ1v) is 8.86. The van der Waals surface area contributed by atoms with Crippen LogP contribution in [0.2, 0.25) is 0 Å². The Kier molecular flexibility index (Phi) is 4.31. The van der Waals surface area contributed by atoms with Gasteiger partial charge in [0.2, 0.25) is 0 Å². The molecule has 1 amide bonds. The summed E-state index contributed by atoms with van der Waals surface area (Å²) in [6, 6.07) is 7.39. The Hall–Kier alpha value is -2.75. The SMILES string of the molecule is C[C@@H]1Oc2ccc(NS(=O)(=O)c3ccc(C(F)(F)F)cc3)cc2NC1=O. The molecule has 0 saturated heterocycles. The second kappa shape index (κ2) is 6.20. The first kappa shape index (κ1) is 18.1. The van der Waals surface area contributed by atoms with Gasteiger partial charge in [-0.05, 0) is 49.4 Å². The van der Waals surface area contributed by atoms with E-state index in [9.17, 15) is 26.4 Å². The topological polar surface area (TPSA) is 84.5 Å². The van der Waals surface area contributed by atoms with Gasteiger partial charge in [-0.3, -0.25) is 9.52 Å². The quantitative estimate of drug-likeness (QED) is 0.848. The van der Waals surface area contributed by atoms with Crippen LogP contribution in [0.1, 0.15) is 12.5 Å². The molecule has 10 heteroatoms. The number of halogens is 3. The maximum Gasteiger partial charge on any atom is 0.416 e. The number of fused-ring (bicyclic) bond motifs is 1. The van der Waals surface area contributed by atoms with E-state index in [0.29, 0.717) is 23.6 Å². The second-order valence-corrected chi connectivity index (χ2v) is 7.27. The van der Waals surface area contributed by atoms with Crippen LogP contribution in [0.25, 0.3) is 0 Å². The largest absolute Gasteiger partial charge is 0.479 e. The molecule has 0 fully saturated rings. The third-order valence-electron chi connectivity index (χ3n) is 3.65. The van der Waals surface area contributed by atoms with E-state index in [-0.39, 0.29) is 16.5 Å². The molecule has 0 aliphatic carbocycles. The molecule has 138 valence electrons. The second-order valence-electron chi connectivity index (χ2n) is 5.59. The van der Waals surface area contributed by atoms with Crippen molar-refractivity contribution in [2.45, 2.75) is 24.1 Å². The molecule has 26 heavy (non-hydrogen) atoms. The van der Waals surface area contributed by atoms with E-state index in [1.165, 1.54) is 18.2 Å². The van der Waals surface area contributed by atoms with Gasteiger partial charge in [-0.2, -0.15) is 13.2 Å². The number of ether oxygens (including phenoxy) is 1. The number of amides is 1. The molecular weight excluding hydrogens is 373 g/mol. The Bertz CT molecular complexity index is 956. The molecule has 2 N–H and O–H groups in total. The van der Waals surface area contributed by atoms with Crippen molar-refractivity contribution < 1.29 is 31.1 Å². The number of hydrogen-bond acceptors (Lipinski definition) is 4. The molecule has 6 nitrogen and oxygen atoms in total. The van der Waals surface area contributed by atoms with Gasteiger partial charge in [0.05, 0.1) is 21.8 Å². The fourth-order valence-corrected chi connectivity index (χ4v) is 3.36. The molecule has 1 aliphatic heterocycles. The van der Waals surface area contributed by atoms with Crippen molar-refractivity contribution >= 4 is 27.3 Å². The molecule has 0 radical (unpaired) electrons. The van der Waals surface area contributed by atoms with Crippen LogP contribution in [0.4, 0.5) is 24.5 Å². The Balaban J connectivity index is 1.84. The van der Waals surface area contributed by atoms with Crippen molar-refractivity contribution in [1.29, 1.82) is 0 Å². The highest BCUT2D eigenvalue weighted by atomic mass is 32.2. The van der Waals surface area contributed by atoms with Crippen LogP contribution >= 0.6 is 0 Å². The van der Waals surface area contributed by atoms with Crippen LogP contribution in [0.15, 0.2) is 47.4 Å². The molecule has 1 aliphatic rings. The predicted molar refractivity (Wildman–Crippen MR) is 87.4 cm³/mol. The monoisotopic (exact) mass is 386 g/mol. The number of benzene rings is 2. The summed E-state index contributed by atoms with van der Waals surface area (Å²) in [6.45, 7) is 1.57. The lowest BCUT2D eigenvalue weighted by molar-refractivity contribution is -0.137. The van der Waals surface area contributed by atoms with Gasteiger partial charge in [-0.25, -0.2) is 8.42 Å². The van der Waals surface area contributed by atoms with Crippen molar-refractivity contribution in [2.24, 2.45) is 0 Å². The van der Waals surface area contributed by atoms with Crippen LogP contribution in [0.5, 0.6) is 5.75 Å². The van der Waals surface area contributed by atoms with Crippen molar-refractivity contribution in [3.05, 3.63) is 48.0 Å². The molecule has 0 unspecified atom stereocenters. The Morgan fingerprint density at radius 3 is 2.38 bits per heavy atom. The van der Waals surface area contributed by atoms with Gasteiger partial charge >= 0.3 is 6.18 Å². The number of anilines is 2. The van der Waals surface area contributed by atoms with Crippen LogP contribution in [-0.4, -0.2) is 20.4 Å². The predicted octanol–water partition coefficient (Wildman–Crippen LogP) is 3.23. The molecule has 0 saturated carbocycles. The molecule has 2 aromatic rings. The van der Waals surface area contributed by atoms with Gasteiger partial charge in [-0.15, -0.1) is 0 Å². The third kappa shape index (κ3) is 3.59. The summed E-state index contributed by atoms with van der Waals surface area (Å²) >= 11 is 0. The van der Waals surface area contributed by atoms with Gasteiger partial charge in [-0.1, -0.05) is 0 Å². The minimum atomic E-state index is -4.55. The summed E-state index contributed by atoms with van der Waals surface area (Å²) in [4.78, 5) is 11.3. The highest BCUT2D eigenvalue weighted by Crippen LogP contribution is 2.33. The zero-order chi connectivity index (χ0) is 19.1. The minimum Gasteiger partial charge on any atom is -0.479 e. The third-order valence-corrected chi connectivity index (χ3v) is 5.05. The standard InChI is InChI=1S/C16H13F3N2O4S/c1-9-15(22)20-13-8-11(4-7-14(13)25-9)21-26(23,24)12-5-2-10(3-6-12)16(17,18)19/h2-9,21H,1H3,(H,20,22)/t9-/m0/s1. The lowest BCUT2D eigenvalue weighted by Crippen LogP contribution is -2.34. The van der Waals surface area contributed by atoms with Gasteiger partial charge < -0.3 is 10.1 Å². The number of hydrogen-bond donors (Lipinski definition) is 2. The number of rotatable bonds is 3. The molecule has 0 spiro atoms. The summed E-state index contributed by atoms with van der Waals surface area (Å²) in [7, 11) is -4.10. The molecule has 1 atom stereocenters. The summed E-state index contributed by atoms with van der Waals surface area (Å²) in [5.74, 6) is 0.00910. The maximum absolute atomic E-state index is 12.6. The normalized spacial score (nSPS) is 17.1. The van der Waals surface area contributed by atoms with Crippen LogP contribution in [-0.2, 0) is 21.0 Å². The first-order chi connectivity index (χ1) is 12.1. The minimum absolute atomic E-state index is 0.127. The van der Waals surface area contributed by atoms with E-state index in [1.807, 2.05) is 0 Å². The summed E-state index contributed by atoms with van der Waals surface area (Å²) in [5.41, 5.74) is -0.526. The van der Waals surface area contributed by atoms with E-state index in [1.54, 1.807) is 6.92 Å². The van der Waals surface area contributed by atoms with Crippen molar-refractivity contribution in [2.75, 3.05) is 10.0 Å². The van der Waals surface area contributed by atoms with E-state index < -0.39 is 27.9 Å².